The molecule has 0 unspecified atom stereocenters. The maximum Gasteiger partial charge on any atom is 0.198 e. The lowest BCUT2D eigenvalue weighted by Crippen LogP contribution is -2.35. The molecule has 0 bridgehead atoms. The van der Waals surface area contributed by atoms with Gasteiger partial charge in [-0.15, -0.1) is 4.68 Å². The third-order valence-corrected chi connectivity index (χ3v) is 1.84. The van der Waals surface area contributed by atoms with Gasteiger partial charge < -0.3 is 0 Å². The molecule has 1 rings (SSSR count). The highest BCUT2D eigenvalue weighted by atomic mass is 15.4. The molecule has 0 N–H and O–H groups in total. The lowest BCUT2D eigenvalue weighted by Gasteiger charge is -1.92. The van der Waals surface area contributed by atoms with E-state index in [4.69, 9.17) is 0 Å². The van der Waals surface area contributed by atoms with Gasteiger partial charge in [-0.2, -0.15) is 4.68 Å². The molecule has 0 aliphatic carbocycles. The van der Waals surface area contributed by atoms with Crippen LogP contribution < -0.4 is 4.68 Å². The molecule has 0 spiro atoms. The van der Waals surface area contributed by atoms with Gasteiger partial charge in [-0.25, -0.2) is 0 Å². The molecule has 56 valence electrons. The van der Waals surface area contributed by atoms with Crippen LogP contribution in [0.4, 0.5) is 0 Å². The van der Waals surface area contributed by atoms with Crippen molar-refractivity contribution in [1.29, 1.82) is 0 Å². The smallest absolute Gasteiger partial charge is 0.164 e. The van der Waals surface area contributed by atoms with E-state index in [1.54, 1.807) is 0 Å². The SMILES string of the molecule is CC(C)c1cn(C)[n+](C)c1. The summed E-state index contributed by atoms with van der Waals surface area (Å²) in [6.45, 7) is 4.41. The van der Waals surface area contributed by atoms with E-state index in [-0.39, 0.29) is 0 Å². The minimum absolute atomic E-state index is 0.632. The van der Waals surface area contributed by atoms with Crippen LogP contribution in [0.3, 0.4) is 0 Å². The number of rotatable bonds is 1. The maximum absolute atomic E-state index is 2.20. The summed E-state index contributed by atoms with van der Waals surface area (Å²) in [5.74, 6) is 0.632. The Kier molecular flexibility index (Phi) is 1.79. The zero-order valence-electron chi connectivity index (χ0n) is 7.13. The number of hydrogen-bond donors (Lipinski definition) is 0. The molecule has 0 aliphatic heterocycles. The summed E-state index contributed by atoms with van der Waals surface area (Å²) in [5.41, 5.74) is 1.39. The van der Waals surface area contributed by atoms with Gasteiger partial charge in [-0.05, 0) is 5.92 Å². The molecular formula is C8H15N2+. The van der Waals surface area contributed by atoms with Crippen LogP contribution in [0.1, 0.15) is 25.3 Å². The minimum atomic E-state index is 0.632. The summed E-state index contributed by atoms with van der Waals surface area (Å²) in [7, 11) is 4.10. The van der Waals surface area contributed by atoms with Crippen molar-refractivity contribution >= 4 is 0 Å². The van der Waals surface area contributed by atoms with Gasteiger partial charge in [0, 0.05) is 5.56 Å². The van der Waals surface area contributed by atoms with E-state index < -0.39 is 0 Å². The van der Waals surface area contributed by atoms with Crippen LogP contribution in [-0.2, 0) is 14.1 Å². The number of nitrogens with zero attached hydrogens (tertiary/aromatic N) is 2. The first-order valence-corrected chi connectivity index (χ1v) is 3.63. The van der Waals surface area contributed by atoms with Gasteiger partial charge in [0.15, 0.2) is 13.2 Å². The summed E-state index contributed by atoms with van der Waals surface area (Å²) in [6.07, 6.45) is 4.31. The van der Waals surface area contributed by atoms with E-state index in [9.17, 15) is 0 Å². The van der Waals surface area contributed by atoms with Crippen molar-refractivity contribution in [3.8, 4) is 0 Å². The van der Waals surface area contributed by atoms with E-state index in [1.165, 1.54) is 5.56 Å². The van der Waals surface area contributed by atoms with Crippen LogP contribution in [0.15, 0.2) is 12.4 Å². The van der Waals surface area contributed by atoms with Crippen molar-refractivity contribution in [2.24, 2.45) is 14.1 Å². The normalized spacial score (nSPS) is 10.9. The molecule has 1 aromatic rings. The van der Waals surface area contributed by atoms with Crippen LogP contribution >= 0.6 is 0 Å². The minimum Gasteiger partial charge on any atom is -0.164 e. The van der Waals surface area contributed by atoms with Crippen LogP contribution in [0.5, 0.6) is 0 Å². The van der Waals surface area contributed by atoms with Gasteiger partial charge >= 0.3 is 0 Å². The molecule has 0 fully saturated rings. The van der Waals surface area contributed by atoms with E-state index >= 15 is 0 Å². The number of hydrogen-bond acceptors (Lipinski definition) is 0. The van der Waals surface area contributed by atoms with Gasteiger partial charge in [-0.3, -0.25) is 0 Å². The first kappa shape index (κ1) is 7.32. The molecule has 0 saturated heterocycles. The molecule has 0 aromatic carbocycles. The summed E-state index contributed by atoms with van der Waals surface area (Å²) in [5, 5.41) is 0. The molecular weight excluding hydrogens is 124 g/mol. The average Bonchev–Trinajstić information content (AvgIpc) is 2.13. The monoisotopic (exact) mass is 139 g/mol. The third-order valence-electron chi connectivity index (χ3n) is 1.84. The fraction of sp³-hybridized carbons (Fsp3) is 0.625. The average molecular weight is 139 g/mol. The van der Waals surface area contributed by atoms with Crippen molar-refractivity contribution in [1.82, 2.24) is 4.68 Å². The Morgan fingerprint density at radius 2 is 2.10 bits per heavy atom. The fourth-order valence-electron chi connectivity index (χ4n) is 0.945. The van der Waals surface area contributed by atoms with Crippen LogP contribution in [0.25, 0.3) is 0 Å². The molecule has 0 saturated carbocycles. The zero-order valence-corrected chi connectivity index (χ0v) is 7.13. The Hall–Kier alpha value is -0.790. The molecule has 0 aliphatic rings. The van der Waals surface area contributed by atoms with Crippen molar-refractivity contribution in [3.05, 3.63) is 18.0 Å². The first-order chi connectivity index (χ1) is 4.61. The lowest BCUT2D eigenvalue weighted by molar-refractivity contribution is -0.751. The van der Waals surface area contributed by atoms with Gasteiger partial charge in [0.05, 0.1) is 13.2 Å². The van der Waals surface area contributed by atoms with E-state index in [0.717, 1.165) is 0 Å². The highest BCUT2D eigenvalue weighted by molar-refractivity contribution is 5.05. The highest BCUT2D eigenvalue weighted by Crippen LogP contribution is 2.10. The van der Waals surface area contributed by atoms with Crippen molar-refractivity contribution < 1.29 is 4.68 Å². The largest absolute Gasteiger partial charge is 0.198 e. The van der Waals surface area contributed by atoms with Crippen molar-refractivity contribution in [2.45, 2.75) is 19.8 Å². The Balaban J connectivity index is 2.98. The highest BCUT2D eigenvalue weighted by Gasteiger charge is 2.07. The van der Waals surface area contributed by atoms with Gasteiger partial charge in [0.2, 0.25) is 0 Å². The summed E-state index contributed by atoms with van der Waals surface area (Å²) in [4.78, 5) is 0. The topological polar surface area (TPSA) is 8.81 Å². The zero-order chi connectivity index (χ0) is 7.72. The predicted molar refractivity (Wildman–Crippen MR) is 40.7 cm³/mol. The Labute approximate surface area is 62.1 Å². The standard InChI is InChI=1S/C8H15N2/c1-7(2)8-5-9(3)10(4)6-8/h5-7H,1-4H3/q+1. The fourth-order valence-corrected chi connectivity index (χ4v) is 0.945. The molecule has 0 atom stereocenters. The van der Waals surface area contributed by atoms with E-state index in [2.05, 4.69) is 35.6 Å². The van der Waals surface area contributed by atoms with Crippen LogP contribution in [-0.4, -0.2) is 4.68 Å². The molecule has 10 heavy (non-hydrogen) atoms. The molecule has 1 aromatic heterocycles. The number of aryl methyl sites for hydroxylation is 2. The van der Waals surface area contributed by atoms with Crippen LogP contribution in [0, 0.1) is 0 Å². The van der Waals surface area contributed by atoms with Crippen molar-refractivity contribution in [3.63, 3.8) is 0 Å². The predicted octanol–water partition coefficient (Wildman–Crippen LogP) is 0.973. The lowest BCUT2D eigenvalue weighted by atomic mass is 10.1. The summed E-state index contributed by atoms with van der Waals surface area (Å²) >= 11 is 0. The first-order valence-electron chi connectivity index (χ1n) is 3.63. The van der Waals surface area contributed by atoms with E-state index in [1.807, 2.05) is 14.1 Å². The second kappa shape index (κ2) is 2.45. The van der Waals surface area contributed by atoms with E-state index in [0.29, 0.717) is 5.92 Å². The molecule has 2 nitrogen and oxygen atoms in total. The second-order valence-corrected chi connectivity index (χ2v) is 3.06. The quantitative estimate of drug-likeness (QED) is 0.513. The second-order valence-electron chi connectivity index (χ2n) is 3.06. The molecule has 0 radical (unpaired) electrons. The third kappa shape index (κ3) is 1.20. The molecule has 0 amide bonds. The molecule has 1 heterocycles. The Bertz CT molecular complexity index is 204. The van der Waals surface area contributed by atoms with Crippen LogP contribution in [0.2, 0.25) is 0 Å². The molecule has 2 heteroatoms. The summed E-state index contributed by atoms with van der Waals surface area (Å²) < 4.78 is 4.16. The maximum atomic E-state index is 2.20. The van der Waals surface area contributed by atoms with Gasteiger partial charge in [0.25, 0.3) is 0 Å². The summed E-state index contributed by atoms with van der Waals surface area (Å²) in [6, 6.07) is 0. The Morgan fingerprint density at radius 3 is 2.30 bits per heavy atom. The van der Waals surface area contributed by atoms with Gasteiger partial charge in [0.1, 0.15) is 0 Å². The van der Waals surface area contributed by atoms with Gasteiger partial charge in [-0.1, -0.05) is 13.8 Å². The number of aromatic nitrogens is 2. The Morgan fingerprint density at radius 1 is 1.50 bits per heavy atom. The van der Waals surface area contributed by atoms with Crippen molar-refractivity contribution in [2.75, 3.05) is 0 Å².